The van der Waals surface area contributed by atoms with Gasteiger partial charge in [0.1, 0.15) is 11.6 Å². The largest absolute Gasteiger partial charge is 0.370 e. The number of rotatable bonds is 5. The lowest BCUT2D eigenvalue weighted by Crippen LogP contribution is -2.07. The van der Waals surface area contributed by atoms with Crippen LogP contribution in [-0.2, 0) is 0 Å². The Morgan fingerprint density at radius 2 is 2.12 bits per heavy atom. The van der Waals surface area contributed by atoms with Gasteiger partial charge in [-0.25, -0.2) is 9.97 Å². The van der Waals surface area contributed by atoms with Crippen molar-refractivity contribution >= 4 is 5.82 Å². The fraction of sp³-hybridized carbons (Fsp3) is 0.538. The molecule has 0 saturated heterocycles. The van der Waals surface area contributed by atoms with Gasteiger partial charge in [-0.05, 0) is 20.3 Å². The van der Waals surface area contributed by atoms with Crippen LogP contribution in [0.1, 0.15) is 44.6 Å². The molecule has 0 aliphatic rings. The van der Waals surface area contributed by atoms with Gasteiger partial charge in [0, 0.05) is 24.2 Å². The van der Waals surface area contributed by atoms with Gasteiger partial charge in [0.2, 0.25) is 0 Å². The molecule has 0 bridgehead atoms. The van der Waals surface area contributed by atoms with Crippen molar-refractivity contribution in [3.63, 3.8) is 0 Å². The molecule has 0 aliphatic heterocycles. The molecule has 1 rings (SSSR count). The fourth-order valence-electron chi connectivity index (χ4n) is 1.39. The van der Waals surface area contributed by atoms with Crippen LogP contribution in [0.4, 0.5) is 5.82 Å². The van der Waals surface area contributed by atoms with Gasteiger partial charge in [-0.2, -0.15) is 0 Å². The topological polar surface area (TPSA) is 37.8 Å². The summed E-state index contributed by atoms with van der Waals surface area (Å²) in [6.45, 7) is 9.17. The van der Waals surface area contributed by atoms with Gasteiger partial charge >= 0.3 is 0 Å². The smallest absolute Gasteiger partial charge is 0.133 e. The first kappa shape index (κ1) is 12.7. The number of hydrogen-bond donors (Lipinski definition) is 1. The fourth-order valence-corrected chi connectivity index (χ4v) is 1.39. The summed E-state index contributed by atoms with van der Waals surface area (Å²) >= 11 is 0. The Morgan fingerprint density at radius 3 is 2.75 bits per heavy atom. The third kappa shape index (κ3) is 4.01. The van der Waals surface area contributed by atoms with Crippen LogP contribution in [0.5, 0.6) is 0 Å². The Morgan fingerprint density at radius 1 is 1.38 bits per heavy atom. The summed E-state index contributed by atoms with van der Waals surface area (Å²) in [5.41, 5.74) is 1.02. The Kier molecular flexibility index (Phi) is 4.96. The Hall–Kier alpha value is -1.38. The molecule has 1 N–H and O–H groups in total. The predicted octanol–water partition coefficient (Wildman–Crippen LogP) is 3.29. The molecule has 0 atom stereocenters. The van der Waals surface area contributed by atoms with Crippen LogP contribution in [0, 0.1) is 6.92 Å². The number of nitrogens with one attached hydrogen (secondary N) is 1. The summed E-state index contributed by atoms with van der Waals surface area (Å²) in [7, 11) is 0. The number of nitrogens with zero attached hydrogens (tertiary/aromatic N) is 2. The van der Waals surface area contributed by atoms with Gasteiger partial charge in [-0.3, -0.25) is 0 Å². The summed E-state index contributed by atoms with van der Waals surface area (Å²) in [5, 5.41) is 3.31. The molecule has 16 heavy (non-hydrogen) atoms. The number of hydrogen-bond acceptors (Lipinski definition) is 3. The van der Waals surface area contributed by atoms with E-state index in [4.69, 9.17) is 0 Å². The van der Waals surface area contributed by atoms with E-state index in [9.17, 15) is 0 Å². The second-order valence-electron chi connectivity index (χ2n) is 4.19. The van der Waals surface area contributed by atoms with Crippen molar-refractivity contribution in [3.8, 4) is 0 Å². The van der Waals surface area contributed by atoms with Crippen molar-refractivity contribution < 1.29 is 0 Å². The van der Waals surface area contributed by atoms with E-state index in [0.29, 0.717) is 5.92 Å². The number of anilines is 1. The molecular weight excluding hydrogens is 198 g/mol. The van der Waals surface area contributed by atoms with Crippen LogP contribution in [0.3, 0.4) is 0 Å². The normalized spacial score (nSPS) is 11.3. The maximum absolute atomic E-state index is 4.48. The molecule has 0 spiro atoms. The van der Waals surface area contributed by atoms with Crippen LogP contribution in [0.15, 0.2) is 18.2 Å². The summed E-state index contributed by atoms with van der Waals surface area (Å²) in [4.78, 5) is 8.90. The number of aromatic nitrogens is 2. The zero-order valence-corrected chi connectivity index (χ0v) is 10.6. The van der Waals surface area contributed by atoms with Crippen molar-refractivity contribution in [2.45, 2.75) is 40.0 Å². The summed E-state index contributed by atoms with van der Waals surface area (Å²) in [5.74, 6) is 2.21. The molecular formula is C13H21N3. The highest BCUT2D eigenvalue weighted by molar-refractivity contribution is 5.36. The molecule has 0 amide bonds. The Bertz CT molecular complexity index is 356. The number of aryl methyl sites for hydroxylation is 1. The first-order chi connectivity index (χ1) is 7.63. The van der Waals surface area contributed by atoms with E-state index in [2.05, 4.69) is 41.3 Å². The zero-order chi connectivity index (χ0) is 12.0. The minimum absolute atomic E-state index is 0.371. The molecule has 0 saturated carbocycles. The van der Waals surface area contributed by atoms with Crippen molar-refractivity contribution in [1.29, 1.82) is 0 Å². The summed E-state index contributed by atoms with van der Waals surface area (Å²) in [6, 6.07) is 1.99. The number of allylic oxidation sites excluding steroid dienone is 1. The van der Waals surface area contributed by atoms with Gasteiger partial charge in [-0.15, -0.1) is 0 Å². The van der Waals surface area contributed by atoms with E-state index in [1.54, 1.807) is 0 Å². The van der Waals surface area contributed by atoms with E-state index >= 15 is 0 Å². The van der Waals surface area contributed by atoms with Gasteiger partial charge in [0.25, 0.3) is 0 Å². The molecule has 0 radical (unpaired) electrons. The molecule has 3 heteroatoms. The monoisotopic (exact) mass is 219 g/mol. The average molecular weight is 219 g/mol. The van der Waals surface area contributed by atoms with Crippen molar-refractivity contribution in [1.82, 2.24) is 9.97 Å². The molecule has 1 aromatic rings. The maximum atomic E-state index is 4.48. The van der Waals surface area contributed by atoms with E-state index in [1.165, 1.54) is 0 Å². The van der Waals surface area contributed by atoms with Crippen molar-refractivity contribution in [3.05, 3.63) is 29.7 Å². The van der Waals surface area contributed by atoms with Gasteiger partial charge in [0.05, 0.1) is 0 Å². The molecule has 1 aromatic heterocycles. The lowest BCUT2D eigenvalue weighted by Gasteiger charge is -2.09. The highest BCUT2D eigenvalue weighted by Crippen LogP contribution is 2.13. The maximum Gasteiger partial charge on any atom is 0.133 e. The molecule has 0 unspecified atom stereocenters. The minimum atomic E-state index is 0.371. The highest BCUT2D eigenvalue weighted by atomic mass is 15.0. The van der Waals surface area contributed by atoms with Crippen molar-refractivity contribution in [2.24, 2.45) is 0 Å². The van der Waals surface area contributed by atoms with Crippen molar-refractivity contribution in [2.75, 3.05) is 11.9 Å². The molecule has 3 nitrogen and oxygen atoms in total. The van der Waals surface area contributed by atoms with Crippen LogP contribution < -0.4 is 5.32 Å². The first-order valence-corrected chi connectivity index (χ1v) is 5.84. The van der Waals surface area contributed by atoms with Gasteiger partial charge < -0.3 is 5.32 Å². The lowest BCUT2D eigenvalue weighted by molar-refractivity contribution is 0.766. The highest BCUT2D eigenvalue weighted by Gasteiger charge is 2.05. The molecule has 0 fully saturated rings. The van der Waals surface area contributed by atoms with E-state index in [0.717, 1.165) is 30.3 Å². The molecule has 88 valence electrons. The summed E-state index contributed by atoms with van der Waals surface area (Å²) in [6.07, 6.45) is 5.23. The average Bonchev–Trinajstić information content (AvgIpc) is 2.23. The second-order valence-corrected chi connectivity index (χ2v) is 4.19. The third-order valence-electron chi connectivity index (χ3n) is 2.24. The zero-order valence-electron chi connectivity index (χ0n) is 10.6. The molecule has 1 heterocycles. The quantitative estimate of drug-likeness (QED) is 0.610. The predicted molar refractivity (Wildman–Crippen MR) is 68.8 cm³/mol. The van der Waals surface area contributed by atoms with Crippen LogP contribution >= 0.6 is 0 Å². The van der Waals surface area contributed by atoms with Gasteiger partial charge in [-0.1, -0.05) is 26.0 Å². The van der Waals surface area contributed by atoms with Crippen LogP contribution in [0.2, 0.25) is 0 Å². The Labute approximate surface area is 98.0 Å². The van der Waals surface area contributed by atoms with Gasteiger partial charge in [0.15, 0.2) is 0 Å². The lowest BCUT2D eigenvalue weighted by atomic mass is 10.2. The molecule has 0 aromatic carbocycles. The second kappa shape index (κ2) is 6.26. The van der Waals surface area contributed by atoms with Crippen LogP contribution in [-0.4, -0.2) is 16.5 Å². The van der Waals surface area contributed by atoms with Crippen LogP contribution in [0.25, 0.3) is 0 Å². The van der Waals surface area contributed by atoms with E-state index < -0.39 is 0 Å². The third-order valence-corrected chi connectivity index (χ3v) is 2.24. The first-order valence-electron chi connectivity index (χ1n) is 5.84. The standard InChI is InChI=1S/C13H21N3/c1-5-6-7-8-14-12-9-11(4)15-13(16-12)10(2)3/h5-6,9-10H,7-8H2,1-4H3,(H,14,15,16)/b6-5+. The summed E-state index contributed by atoms with van der Waals surface area (Å²) < 4.78 is 0. The minimum Gasteiger partial charge on any atom is -0.370 e. The van der Waals surface area contributed by atoms with E-state index in [-0.39, 0.29) is 0 Å². The Balaban J connectivity index is 2.65. The molecule has 0 aliphatic carbocycles. The van der Waals surface area contributed by atoms with E-state index in [1.807, 2.05) is 19.9 Å². The SMILES string of the molecule is C/C=C/CCNc1cc(C)nc(C(C)C)n1.